The largest absolute Gasteiger partial charge is 0.389 e. The molecule has 0 radical (unpaired) electrons. The van der Waals surface area contributed by atoms with E-state index in [0.717, 1.165) is 57.3 Å². The number of rotatable bonds is 8. The Labute approximate surface area is 141 Å². The predicted molar refractivity (Wildman–Crippen MR) is 96.8 cm³/mol. The van der Waals surface area contributed by atoms with Gasteiger partial charge in [0.25, 0.3) is 0 Å². The van der Waals surface area contributed by atoms with E-state index in [0.29, 0.717) is 0 Å². The van der Waals surface area contributed by atoms with E-state index in [9.17, 15) is 5.11 Å². The Morgan fingerprint density at radius 3 is 2.43 bits per heavy atom. The van der Waals surface area contributed by atoms with Crippen LogP contribution in [0.4, 0.5) is 5.82 Å². The third-order valence-electron chi connectivity index (χ3n) is 5.39. The molecule has 0 atom stereocenters. The Bertz CT molecular complexity index is 439. The molecule has 4 nitrogen and oxygen atoms in total. The van der Waals surface area contributed by atoms with Crippen molar-refractivity contribution >= 4 is 5.82 Å². The van der Waals surface area contributed by atoms with Crippen LogP contribution in [0.2, 0.25) is 0 Å². The third-order valence-corrected chi connectivity index (χ3v) is 5.39. The normalized spacial score (nSPS) is 17.0. The summed E-state index contributed by atoms with van der Waals surface area (Å²) in [6.07, 6.45) is 5.96. The van der Waals surface area contributed by atoms with Gasteiger partial charge in [-0.05, 0) is 50.3 Å². The zero-order valence-electron chi connectivity index (χ0n) is 15.0. The highest BCUT2D eigenvalue weighted by molar-refractivity contribution is 5.37. The Kier molecular flexibility index (Phi) is 6.85. The standard InChI is InChI=1S/C19H33N3O/c1-4-19(23,5-2)16-21(6-3)15-17-10-13-22(14-11-17)18-9-7-8-12-20-18/h7-9,12,17,23H,4-6,10-11,13-16H2,1-3H3. The number of aromatic nitrogens is 1. The van der Waals surface area contributed by atoms with Crippen molar-refractivity contribution in [3.8, 4) is 0 Å². The molecule has 1 aromatic rings. The van der Waals surface area contributed by atoms with Crippen LogP contribution in [0, 0.1) is 5.92 Å². The first kappa shape index (κ1) is 18.2. The summed E-state index contributed by atoms with van der Waals surface area (Å²) in [6.45, 7) is 11.5. The van der Waals surface area contributed by atoms with Gasteiger partial charge in [0, 0.05) is 32.4 Å². The van der Waals surface area contributed by atoms with E-state index in [1.807, 2.05) is 12.3 Å². The summed E-state index contributed by atoms with van der Waals surface area (Å²) < 4.78 is 0. The maximum atomic E-state index is 10.6. The quantitative estimate of drug-likeness (QED) is 0.799. The summed E-state index contributed by atoms with van der Waals surface area (Å²) >= 11 is 0. The van der Waals surface area contributed by atoms with Gasteiger partial charge in [0.05, 0.1) is 5.60 Å². The van der Waals surface area contributed by atoms with E-state index in [1.165, 1.54) is 12.8 Å². The van der Waals surface area contributed by atoms with Crippen molar-refractivity contribution < 1.29 is 5.11 Å². The molecule has 2 heterocycles. The third kappa shape index (κ3) is 5.18. The number of hydrogen-bond acceptors (Lipinski definition) is 4. The molecule has 0 aromatic carbocycles. The Morgan fingerprint density at radius 1 is 1.22 bits per heavy atom. The van der Waals surface area contributed by atoms with E-state index in [2.05, 4.69) is 47.7 Å². The van der Waals surface area contributed by atoms with Gasteiger partial charge < -0.3 is 14.9 Å². The highest BCUT2D eigenvalue weighted by atomic mass is 16.3. The number of aliphatic hydroxyl groups is 1. The molecule has 0 aliphatic carbocycles. The second-order valence-corrected chi connectivity index (χ2v) is 6.88. The number of anilines is 1. The van der Waals surface area contributed by atoms with Gasteiger partial charge in [0.15, 0.2) is 0 Å². The Balaban J connectivity index is 1.82. The predicted octanol–water partition coefficient (Wildman–Crippen LogP) is 3.17. The fraction of sp³-hybridized carbons (Fsp3) is 0.737. The molecular weight excluding hydrogens is 286 g/mol. The lowest BCUT2D eigenvalue weighted by atomic mass is 9.93. The molecule has 1 aromatic heterocycles. The Hall–Kier alpha value is -1.13. The van der Waals surface area contributed by atoms with Gasteiger partial charge in [0.2, 0.25) is 0 Å². The summed E-state index contributed by atoms with van der Waals surface area (Å²) in [6, 6.07) is 6.13. The fourth-order valence-corrected chi connectivity index (χ4v) is 3.45. The zero-order chi connectivity index (χ0) is 16.7. The average molecular weight is 319 g/mol. The summed E-state index contributed by atoms with van der Waals surface area (Å²) in [5, 5.41) is 10.6. The van der Waals surface area contributed by atoms with Gasteiger partial charge in [-0.25, -0.2) is 4.98 Å². The molecule has 0 amide bonds. The lowest BCUT2D eigenvalue weighted by Crippen LogP contribution is -2.45. The lowest BCUT2D eigenvalue weighted by molar-refractivity contribution is -0.00650. The van der Waals surface area contributed by atoms with Crippen LogP contribution in [0.15, 0.2) is 24.4 Å². The number of hydrogen-bond donors (Lipinski definition) is 1. The maximum absolute atomic E-state index is 10.6. The molecule has 23 heavy (non-hydrogen) atoms. The molecular formula is C19H33N3O. The highest BCUT2D eigenvalue weighted by Crippen LogP contribution is 2.24. The summed E-state index contributed by atoms with van der Waals surface area (Å²) in [7, 11) is 0. The van der Waals surface area contributed by atoms with Crippen molar-refractivity contribution in [3.05, 3.63) is 24.4 Å². The number of pyridine rings is 1. The average Bonchev–Trinajstić information content (AvgIpc) is 2.62. The fourth-order valence-electron chi connectivity index (χ4n) is 3.45. The lowest BCUT2D eigenvalue weighted by Gasteiger charge is -2.38. The molecule has 0 saturated carbocycles. The molecule has 0 spiro atoms. The number of nitrogens with zero attached hydrogens (tertiary/aromatic N) is 3. The van der Waals surface area contributed by atoms with Gasteiger partial charge in [-0.3, -0.25) is 0 Å². The maximum Gasteiger partial charge on any atom is 0.128 e. The molecule has 1 N–H and O–H groups in total. The molecule has 4 heteroatoms. The van der Waals surface area contributed by atoms with Crippen LogP contribution >= 0.6 is 0 Å². The van der Waals surface area contributed by atoms with Crippen LogP contribution in [-0.2, 0) is 0 Å². The molecule has 1 aliphatic heterocycles. The van der Waals surface area contributed by atoms with Gasteiger partial charge >= 0.3 is 0 Å². The van der Waals surface area contributed by atoms with Gasteiger partial charge in [0.1, 0.15) is 5.82 Å². The van der Waals surface area contributed by atoms with Gasteiger partial charge in [-0.15, -0.1) is 0 Å². The topological polar surface area (TPSA) is 39.6 Å². The second-order valence-electron chi connectivity index (χ2n) is 6.88. The summed E-state index contributed by atoms with van der Waals surface area (Å²) in [5.41, 5.74) is -0.523. The van der Waals surface area contributed by atoms with Gasteiger partial charge in [-0.1, -0.05) is 26.8 Å². The van der Waals surface area contributed by atoms with E-state index >= 15 is 0 Å². The smallest absolute Gasteiger partial charge is 0.128 e. The minimum Gasteiger partial charge on any atom is -0.389 e. The zero-order valence-corrected chi connectivity index (χ0v) is 15.0. The SMILES string of the molecule is CCN(CC1CCN(c2ccccn2)CC1)CC(O)(CC)CC. The van der Waals surface area contributed by atoms with Gasteiger partial charge in [-0.2, -0.15) is 0 Å². The molecule has 0 unspecified atom stereocenters. The van der Waals surface area contributed by atoms with Crippen molar-refractivity contribution in [2.75, 3.05) is 37.6 Å². The van der Waals surface area contributed by atoms with Crippen LogP contribution in [-0.4, -0.2) is 53.3 Å². The minimum absolute atomic E-state index is 0.523. The van der Waals surface area contributed by atoms with Crippen molar-refractivity contribution in [1.82, 2.24) is 9.88 Å². The number of likely N-dealkylation sites (N-methyl/N-ethyl adjacent to an activating group) is 1. The summed E-state index contributed by atoms with van der Waals surface area (Å²) in [5.74, 6) is 1.83. The molecule has 0 bridgehead atoms. The van der Waals surface area contributed by atoms with Crippen LogP contribution in [0.1, 0.15) is 46.5 Å². The minimum atomic E-state index is -0.523. The first-order valence-corrected chi connectivity index (χ1v) is 9.21. The summed E-state index contributed by atoms with van der Waals surface area (Å²) in [4.78, 5) is 9.29. The van der Waals surface area contributed by atoms with Crippen molar-refractivity contribution in [2.24, 2.45) is 5.92 Å². The van der Waals surface area contributed by atoms with Crippen molar-refractivity contribution in [3.63, 3.8) is 0 Å². The molecule has 1 fully saturated rings. The van der Waals surface area contributed by atoms with E-state index in [1.54, 1.807) is 0 Å². The van der Waals surface area contributed by atoms with Crippen LogP contribution in [0.3, 0.4) is 0 Å². The monoisotopic (exact) mass is 319 g/mol. The van der Waals surface area contributed by atoms with E-state index < -0.39 is 5.60 Å². The second kappa shape index (κ2) is 8.65. The van der Waals surface area contributed by atoms with E-state index in [-0.39, 0.29) is 0 Å². The molecule has 1 saturated heterocycles. The number of piperidine rings is 1. The molecule has 1 aliphatic rings. The Morgan fingerprint density at radius 2 is 1.91 bits per heavy atom. The molecule has 2 rings (SSSR count). The first-order chi connectivity index (χ1) is 11.1. The van der Waals surface area contributed by atoms with Crippen molar-refractivity contribution in [2.45, 2.75) is 52.1 Å². The van der Waals surface area contributed by atoms with Crippen LogP contribution in [0.25, 0.3) is 0 Å². The highest BCUT2D eigenvalue weighted by Gasteiger charge is 2.27. The van der Waals surface area contributed by atoms with Crippen LogP contribution in [0.5, 0.6) is 0 Å². The van der Waals surface area contributed by atoms with Crippen molar-refractivity contribution in [1.29, 1.82) is 0 Å². The van der Waals surface area contributed by atoms with Crippen LogP contribution < -0.4 is 4.90 Å². The van der Waals surface area contributed by atoms with E-state index in [4.69, 9.17) is 0 Å². The molecule has 130 valence electrons. The first-order valence-electron chi connectivity index (χ1n) is 9.21.